The van der Waals surface area contributed by atoms with E-state index in [1.165, 1.54) is 0 Å². The lowest BCUT2D eigenvalue weighted by atomic mass is 9.94. The van der Waals surface area contributed by atoms with Gasteiger partial charge in [0.25, 0.3) is 0 Å². The maximum absolute atomic E-state index is 11.8. The van der Waals surface area contributed by atoms with Crippen molar-refractivity contribution in [1.82, 2.24) is 5.32 Å². The molecule has 0 spiro atoms. The second kappa shape index (κ2) is 3.35. The average Bonchev–Trinajstić information content (AvgIpc) is 1.93. The first kappa shape index (κ1) is 10.0. The minimum Gasteiger partial charge on any atom is -0.355 e. The first-order valence-electron chi connectivity index (χ1n) is 3.74. The molecule has 6 heteroatoms. The predicted octanol–water partition coefficient (Wildman–Crippen LogP) is 0.644. The fraction of sp³-hybridized carbons (Fsp3) is 0.714. The minimum absolute atomic E-state index is 0.197. The Labute approximate surface area is 72.3 Å². The molecule has 0 bridgehead atoms. The standard InChI is InChI=1S/C7H8F3NO2/c8-7(9,10)2-4-3-11-6(13)1-5(4)12/h4H,1-3H2,(H,11,13). The SMILES string of the molecule is O=C1CC(=O)C(CC(F)(F)F)CN1. The summed E-state index contributed by atoms with van der Waals surface area (Å²) in [4.78, 5) is 21.5. The molecular weight excluding hydrogens is 187 g/mol. The third-order valence-electron chi connectivity index (χ3n) is 1.81. The summed E-state index contributed by atoms with van der Waals surface area (Å²) >= 11 is 0. The summed E-state index contributed by atoms with van der Waals surface area (Å²) in [5.74, 6) is -2.22. The van der Waals surface area contributed by atoms with Gasteiger partial charge in [-0.15, -0.1) is 0 Å². The highest BCUT2D eigenvalue weighted by Crippen LogP contribution is 2.26. The molecular formula is C7H8F3NO2. The van der Waals surface area contributed by atoms with Gasteiger partial charge in [-0.2, -0.15) is 13.2 Å². The molecule has 3 nitrogen and oxygen atoms in total. The van der Waals surface area contributed by atoms with Crippen LogP contribution in [-0.4, -0.2) is 24.4 Å². The van der Waals surface area contributed by atoms with Crippen molar-refractivity contribution in [2.24, 2.45) is 5.92 Å². The van der Waals surface area contributed by atoms with E-state index in [-0.39, 0.29) is 6.54 Å². The largest absolute Gasteiger partial charge is 0.389 e. The normalized spacial score (nSPS) is 24.4. The van der Waals surface area contributed by atoms with Crippen LogP contribution in [0.1, 0.15) is 12.8 Å². The zero-order valence-corrected chi connectivity index (χ0v) is 6.65. The smallest absolute Gasteiger partial charge is 0.355 e. The summed E-state index contributed by atoms with van der Waals surface area (Å²) in [6, 6.07) is 0. The Morgan fingerprint density at radius 2 is 2.00 bits per heavy atom. The number of Topliss-reactive ketones (excluding diaryl/α,β-unsaturated/α-hetero) is 1. The van der Waals surface area contributed by atoms with Crippen LogP contribution in [0.25, 0.3) is 0 Å². The van der Waals surface area contributed by atoms with Gasteiger partial charge in [-0.1, -0.05) is 0 Å². The Hall–Kier alpha value is -1.07. The van der Waals surface area contributed by atoms with Crippen LogP contribution in [0, 0.1) is 5.92 Å². The van der Waals surface area contributed by atoms with Gasteiger partial charge in [-0.25, -0.2) is 0 Å². The quantitative estimate of drug-likeness (QED) is 0.624. The number of alkyl halides is 3. The lowest BCUT2D eigenvalue weighted by Gasteiger charge is -2.21. The van der Waals surface area contributed by atoms with E-state index >= 15 is 0 Å². The van der Waals surface area contributed by atoms with E-state index in [4.69, 9.17) is 0 Å². The number of piperidine rings is 1. The van der Waals surface area contributed by atoms with Crippen molar-refractivity contribution in [2.45, 2.75) is 19.0 Å². The van der Waals surface area contributed by atoms with Crippen molar-refractivity contribution in [3.8, 4) is 0 Å². The molecule has 0 aliphatic carbocycles. The third kappa shape index (κ3) is 3.04. The molecule has 1 rings (SSSR count). The van der Waals surface area contributed by atoms with Gasteiger partial charge < -0.3 is 5.32 Å². The number of rotatable bonds is 1. The van der Waals surface area contributed by atoms with E-state index in [0.29, 0.717) is 0 Å². The van der Waals surface area contributed by atoms with Gasteiger partial charge in [0.05, 0.1) is 12.8 Å². The lowest BCUT2D eigenvalue weighted by Crippen LogP contribution is -2.42. The summed E-state index contributed by atoms with van der Waals surface area (Å²) in [6.45, 7) is -0.197. The van der Waals surface area contributed by atoms with Crippen LogP contribution in [0.3, 0.4) is 0 Å². The Bertz CT molecular complexity index is 236. The van der Waals surface area contributed by atoms with E-state index in [9.17, 15) is 22.8 Å². The topological polar surface area (TPSA) is 46.2 Å². The van der Waals surface area contributed by atoms with Crippen LogP contribution >= 0.6 is 0 Å². The van der Waals surface area contributed by atoms with Gasteiger partial charge in [-0.05, 0) is 0 Å². The van der Waals surface area contributed by atoms with Crippen molar-refractivity contribution >= 4 is 11.7 Å². The zero-order valence-electron chi connectivity index (χ0n) is 6.65. The number of amides is 1. The average molecular weight is 195 g/mol. The van der Waals surface area contributed by atoms with Gasteiger partial charge in [0.2, 0.25) is 5.91 Å². The summed E-state index contributed by atoms with van der Waals surface area (Å²) < 4.78 is 35.5. The number of hydrogen-bond donors (Lipinski definition) is 1. The fourth-order valence-electron chi connectivity index (χ4n) is 1.18. The van der Waals surface area contributed by atoms with Gasteiger partial charge >= 0.3 is 6.18 Å². The lowest BCUT2D eigenvalue weighted by molar-refractivity contribution is -0.156. The molecule has 1 heterocycles. The molecule has 1 amide bonds. The second-order valence-electron chi connectivity index (χ2n) is 2.96. The number of nitrogens with one attached hydrogen (secondary N) is 1. The molecule has 1 unspecified atom stereocenters. The summed E-state index contributed by atoms with van der Waals surface area (Å²) in [7, 11) is 0. The van der Waals surface area contributed by atoms with Crippen molar-refractivity contribution in [3.05, 3.63) is 0 Å². The van der Waals surface area contributed by atoms with Crippen molar-refractivity contribution in [3.63, 3.8) is 0 Å². The number of carbonyl (C=O) groups is 2. The van der Waals surface area contributed by atoms with Crippen LogP contribution < -0.4 is 5.32 Å². The Morgan fingerprint density at radius 1 is 1.38 bits per heavy atom. The van der Waals surface area contributed by atoms with Gasteiger partial charge in [0.15, 0.2) is 0 Å². The fourth-order valence-corrected chi connectivity index (χ4v) is 1.18. The molecule has 1 N–H and O–H groups in total. The molecule has 1 saturated heterocycles. The number of halogens is 3. The molecule has 1 fully saturated rings. The van der Waals surface area contributed by atoms with Gasteiger partial charge in [0.1, 0.15) is 5.78 Å². The minimum atomic E-state index is -4.34. The highest BCUT2D eigenvalue weighted by atomic mass is 19.4. The second-order valence-corrected chi connectivity index (χ2v) is 2.96. The monoisotopic (exact) mass is 195 g/mol. The van der Waals surface area contributed by atoms with E-state index in [2.05, 4.69) is 5.32 Å². The molecule has 0 saturated carbocycles. The maximum atomic E-state index is 11.8. The first-order chi connectivity index (χ1) is 5.88. The number of ketones is 1. The van der Waals surface area contributed by atoms with Crippen LogP contribution in [0.15, 0.2) is 0 Å². The Balaban J connectivity index is 2.52. The molecule has 0 aromatic rings. The zero-order chi connectivity index (χ0) is 10.1. The van der Waals surface area contributed by atoms with Gasteiger partial charge in [0, 0.05) is 12.5 Å². The van der Waals surface area contributed by atoms with Crippen molar-refractivity contribution in [1.29, 1.82) is 0 Å². The summed E-state index contributed by atoms with van der Waals surface area (Å²) in [5.41, 5.74) is 0. The van der Waals surface area contributed by atoms with Gasteiger partial charge in [-0.3, -0.25) is 9.59 Å². The maximum Gasteiger partial charge on any atom is 0.389 e. The molecule has 0 aromatic carbocycles. The van der Waals surface area contributed by atoms with E-state index in [0.717, 1.165) is 0 Å². The number of carbonyl (C=O) groups excluding carboxylic acids is 2. The highest BCUT2D eigenvalue weighted by molar-refractivity contribution is 6.01. The Morgan fingerprint density at radius 3 is 2.46 bits per heavy atom. The van der Waals surface area contributed by atoms with E-state index in [1.807, 2.05) is 0 Å². The first-order valence-corrected chi connectivity index (χ1v) is 3.74. The molecule has 13 heavy (non-hydrogen) atoms. The van der Waals surface area contributed by atoms with Crippen LogP contribution in [0.2, 0.25) is 0 Å². The van der Waals surface area contributed by atoms with Crippen LogP contribution in [0.5, 0.6) is 0 Å². The van der Waals surface area contributed by atoms with E-state index in [1.54, 1.807) is 0 Å². The van der Waals surface area contributed by atoms with Crippen LogP contribution in [-0.2, 0) is 9.59 Å². The molecule has 0 radical (unpaired) electrons. The van der Waals surface area contributed by atoms with Crippen molar-refractivity contribution in [2.75, 3.05) is 6.54 Å². The predicted molar refractivity (Wildman–Crippen MR) is 36.8 cm³/mol. The van der Waals surface area contributed by atoms with Crippen molar-refractivity contribution < 1.29 is 22.8 Å². The summed E-state index contributed by atoms with van der Waals surface area (Å²) in [5, 5.41) is 2.23. The highest BCUT2D eigenvalue weighted by Gasteiger charge is 2.37. The van der Waals surface area contributed by atoms with E-state index < -0.39 is 36.6 Å². The number of hydrogen-bond acceptors (Lipinski definition) is 2. The summed E-state index contributed by atoms with van der Waals surface area (Å²) in [6.07, 6.45) is -5.92. The Kier molecular flexibility index (Phi) is 2.58. The molecule has 0 aromatic heterocycles. The molecule has 74 valence electrons. The molecule has 1 aliphatic heterocycles. The third-order valence-corrected chi connectivity index (χ3v) is 1.81. The van der Waals surface area contributed by atoms with Crippen LogP contribution in [0.4, 0.5) is 13.2 Å². The molecule has 1 atom stereocenters. The molecule has 1 aliphatic rings.